The molecule has 0 spiro atoms. The molecule has 0 radical (unpaired) electrons. The van der Waals surface area contributed by atoms with Gasteiger partial charge in [0.2, 0.25) is 0 Å². The first-order valence-electron chi connectivity index (χ1n) is 5.57. The van der Waals surface area contributed by atoms with Crippen LogP contribution in [0.15, 0.2) is 29.2 Å². The number of anilines is 1. The Bertz CT molecular complexity index is 499. The lowest BCUT2D eigenvalue weighted by molar-refractivity contribution is -0.107. The highest BCUT2D eigenvalue weighted by Crippen LogP contribution is 2.20. The molecule has 1 aliphatic heterocycles. The topological polar surface area (TPSA) is 111 Å². The van der Waals surface area contributed by atoms with Gasteiger partial charge in [-0.1, -0.05) is 12.2 Å². The Morgan fingerprint density at radius 3 is 3.06 bits per heavy atom. The molecule has 1 aliphatic rings. The summed E-state index contributed by atoms with van der Waals surface area (Å²) in [5.74, 6) is 0.138. The third-order valence-electron chi connectivity index (χ3n) is 2.73. The number of nitrogen functional groups attached to an aromatic ring is 1. The SMILES string of the molecule is Nc1ccn([C@@H]2CC=C[C@H](O)[C@@H](CO)O2)c(=O)n1. The largest absolute Gasteiger partial charge is 0.394 e. The summed E-state index contributed by atoms with van der Waals surface area (Å²) in [6, 6.07) is 1.49. The van der Waals surface area contributed by atoms with E-state index in [1.807, 2.05) is 0 Å². The number of aliphatic hydroxyl groups excluding tert-OH is 2. The van der Waals surface area contributed by atoms with Crippen molar-refractivity contribution in [3.05, 3.63) is 34.9 Å². The van der Waals surface area contributed by atoms with Gasteiger partial charge in [0.15, 0.2) is 0 Å². The molecule has 0 aromatic carbocycles. The van der Waals surface area contributed by atoms with Crippen LogP contribution in [0.25, 0.3) is 0 Å². The molecule has 3 atom stereocenters. The van der Waals surface area contributed by atoms with Crippen LogP contribution in [0.1, 0.15) is 12.6 Å². The summed E-state index contributed by atoms with van der Waals surface area (Å²) in [6.07, 6.45) is 2.85. The number of hydrogen-bond acceptors (Lipinski definition) is 6. The number of ether oxygens (including phenoxy) is 1. The lowest BCUT2D eigenvalue weighted by Crippen LogP contribution is -2.35. The highest BCUT2D eigenvalue weighted by Gasteiger charge is 2.25. The summed E-state index contributed by atoms with van der Waals surface area (Å²) < 4.78 is 6.78. The second kappa shape index (κ2) is 5.30. The average molecular weight is 253 g/mol. The van der Waals surface area contributed by atoms with E-state index in [0.717, 1.165) is 0 Å². The minimum absolute atomic E-state index is 0.138. The molecule has 0 saturated carbocycles. The molecule has 0 unspecified atom stereocenters. The molecular weight excluding hydrogens is 238 g/mol. The van der Waals surface area contributed by atoms with Gasteiger partial charge in [-0.05, 0) is 6.07 Å². The smallest absolute Gasteiger partial charge is 0.351 e. The number of nitrogens with two attached hydrogens (primary N) is 1. The quantitative estimate of drug-likeness (QED) is 0.584. The van der Waals surface area contributed by atoms with Crippen LogP contribution >= 0.6 is 0 Å². The molecule has 4 N–H and O–H groups in total. The van der Waals surface area contributed by atoms with Crippen LogP contribution in [0.4, 0.5) is 5.82 Å². The molecule has 2 rings (SSSR count). The van der Waals surface area contributed by atoms with E-state index in [1.165, 1.54) is 22.9 Å². The standard InChI is InChI=1S/C11H15N3O4/c12-9-4-5-14(11(17)13-9)10-3-1-2-7(16)8(6-15)18-10/h1-2,4-5,7-8,10,15-16H,3,6H2,(H2,12,13,17)/t7-,8+,10-/m0/s1. The fourth-order valence-corrected chi connectivity index (χ4v) is 1.77. The van der Waals surface area contributed by atoms with Gasteiger partial charge >= 0.3 is 5.69 Å². The Balaban J connectivity index is 2.27. The van der Waals surface area contributed by atoms with Crippen LogP contribution < -0.4 is 11.4 Å². The Kier molecular flexibility index (Phi) is 3.75. The first-order chi connectivity index (χ1) is 8.61. The van der Waals surface area contributed by atoms with Crippen molar-refractivity contribution in [2.24, 2.45) is 0 Å². The van der Waals surface area contributed by atoms with Gasteiger partial charge in [0.1, 0.15) is 24.3 Å². The zero-order chi connectivity index (χ0) is 13.1. The molecule has 0 saturated heterocycles. The van der Waals surface area contributed by atoms with Crippen molar-refractivity contribution in [1.82, 2.24) is 9.55 Å². The molecule has 7 heteroatoms. The third kappa shape index (κ3) is 2.58. The normalized spacial score (nSPS) is 28.0. The van der Waals surface area contributed by atoms with E-state index in [-0.39, 0.29) is 12.4 Å². The predicted molar refractivity (Wildman–Crippen MR) is 63.7 cm³/mol. The Labute approximate surface area is 103 Å². The Hall–Kier alpha value is -1.70. The zero-order valence-corrected chi connectivity index (χ0v) is 9.64. The molecule has 2 heterocycles. The number of hydrogen-bond donors (Lipinski definition) is 3. The number of aromatic nitrogens is 2. The molecule has 0 amide bonds. The number of aliphatic hydroxyl groups is 2. The van der Waals surface area contributed by atoms with Crippen molar-refractivity contribution in [3.8, 4) is 0 Å². The van der Waals surface area contributed by atoms with E-state index < -0.39 is 24.1 Å². The van der Waals surface area contributed by atoms with E-state index in [1.54, 1.807) is 6.08 Å². The summed E-state index contributed by atoms with van der Waals surface area (Å²) >= 11 is 0. The molecule has 98 valence electrons. The van der Waals surface area contributed by atoms with E-state index >= 15 is 0 Å². The van der Waals surface area contributed by atoms with Crippen molar-refractivity contribution in [3.63, 3.8) is 0 Å². The molecule has 0 aliphatic carbocycles. The third-order valence-corrected chi connectivity index (χ3v) is 2.73. The summed E-state index contributed by atoms with van der Waals surface area (Å²) in [5.41, 5.74) is 4.88. The van der Waals surface area contributed by atoms with Gasteiger partial charge in [0.05, 0.1) is 6.61 Å². The second-order valence-electron chi connectivity index (χ2n) is 4.01. The first-order valence-corrected chi connectivity index (χ1v) is 5.57. The van der Waals surface area contributed by atoms with Crippen LogP contribution in [0, 0.1) is 0 Å². The van der Waals surface area contributed by atoms with Crippen LogP contribution in [0.5, 0.6) is 0 Å². The van der Waals surface area contributed by atoms with Crippen LogP contribution in [0.3, 0.4) is 0 Å². The van der Waals surface area contributed by atoms with Gasteiger partial charge in [-0.25, -0.2) is 4.79 Å². The summed E-state index contributed by atoms with van der Waals surface area (Å²) in [6.45, 7) is -0.334. The van der Waals surface area contributed by atoms with Crippen molar-refractivity contribution in [2.45, 2.75) is 24.9 Å². The van der Waals surface area contributed by atoms with Crippen molar-refractivity contribution >= 4 is 5.82 Å². The highest BCUT2D eigenvalue weighted by molar-refractivity contribution is 5.23. The molecule has 7 nitrogen and oxygen atoms in total. The molecule has 0 fully saturated rings. The van der Waals surface area contributed by atoms with Gasteiger partial charge < -0.3 is 20.7 Å². The van der Waals surface area contributed by atoms with Crippen LogP contribution in [-0.4, -0.2) is 38.6 Å². The monoisotopic (exact) mass is 253 g/mol. The van der Waals surface area contributed by atoms with Gasteiger partial charge in [0, 0.05) is 12.6 Å². The predicted octanol–water partition coefficient (Wildman–Crippen LogP) is -0.978. The minimum atomic E-state index is -0.891. The fourth-order valence-electron chi connectivity index (χ4n) is 1.77. The van der Waals surface area contributed by atoms with Crippen molar-refractivity contribution in [2.75, 3.05) is 12.3 Å². The van der Waals surface area contributed by atoms with Gasteiger partial charge in [0.25, 0.3) is 0 Å². The maximum atomic E-state index is 11.7. The summed E-state index contributed by atoms with van der Waals surface area (Å²) in [5, 5.41) is 18.8. The van der Waals surface area contributed by atoms with Gasteiger partial charge in [-0.3, -0.25) is 4.57 Å². The number of rotatable bonds is 2. The van der Waals surface area contributed by atoms with Crippen LogP contribution in [0.2, 0.25) is 0 Å². The lowest BCUT2D eigenvalue weighted by Gasteiger charge is -2.23. The second-order valence-corrected chi connectivity index (χ2v) is 4.01. The molecular formula is C11H15N3O4. The summed E-state index contributed by atoms with van der Waals surface area (Å²) in [7, 11) is 0. The average Bonchev–Trinajstić information content (AvgIpc) is 2.51. The minimum Gasteiger partial charge on any atom is -0.394 e. The van der Waals surface area contributed by atoms with Crippen molar-refractivity contribution in [1.29, 1.82) is 0 Å². The van der Waals surface area contributed by atoms with E-state index in [0.29, 0.717) is 6.42 Å². The zero-order valence-electron chi connectivity index (χ0n) is 9.64. The van der Waals surface area contributed by atoms with E-state index in [4.69, 9.17) is 15.6 Å². The first kappa shape index (κ1) is 12.7. The number of nitrogens with zero attached hydrogens (tertiary/aromatic N) is 2. The summed E-state index contributed by atoms with van der Waals surface area (Å²) in [4.78, 5) is 15.3. The van der Waals surface area contributed by atoms with E-state index in [9.17, 15) is 9.90 Å². The maximum Gasteiger partial charge on any atom is 0.351 e. The molecule has 1 aromatic heterocycles. The van der Waals surface area contributed by atoms with Gasteiger partial charge in [-0.15, -0.1) is 0 Å². The van der Waals surface area contributed by atoms with Crippen molar-refractivity contribution < 1.29 is 14.9 Å². The molecule has 1 aromatic rings. The lowest BCUT2D eigenvalue weighted by atomic mass is 10.2. The molecule has 18 heavy (non-hydrogen) atoms. The molecule has 0 bridgehead atoms. The maximum absolute atomic E-state index is 11.7. The Morgan fingerprint density at radius 1 is 1.61 bits per heavy atom. The van der Waals surface area contributed by atoms with Crippen LogP contribution in [-0.2, 0) is 4.74 Å². The highest BCUT2D eigenvalue weighted by atomic mass is 16.5. The fraction of sp³-hybridized carbons (Fsp3) is 0.455. The van der Waals surface area contributed by atoms with Gasteiger partial charge in [-0.2, -0.15) is 4.98 Å². The Morgan fingerprint density at radius 2 is 2.39 bits per heavy atom. The van der Waals surface area contributed by atoms with E-state index in [2.05, 4.69) is 4.98 Å².